The number of nitrogen functional groups attached to an aromatic ring is 1. The van der Waals surface area contributed by atoms with Crippen LogP contribution in [0.1, 0.15) is 42.2 Å². The summed E-state index contributed by atoms with van der Waals surface area (Å²) in [7, 11) is 0. The summed E-state index contributed by atoms with van der Waals surface area (Å²) < 4.78 is 0. The number of carbonyl (C=O) groups excluding carboxylic acids is 1. The Morgan fingerprint density at radius 1 is 1.44 bits per heavy atom. The van der Waals surface area contributed by atoms with E-state index in [9.17, 15) is 4.79 Å². The van der Waals surface area contributed by atoms with E-state index >= 15 is 0 Å². The quantitative estimate of drug-likeness (QED) is 0.560. The molecule has 1 aromatic rings. The average molecular weight is 248 g/mol. The lowest BCUT2D eigenvalue weighted by Gasteiger charge is -2.17. The van der Waals surface area contributed by atoms with Crippen molar-refractivity contribution in [3.63, 3.8) is 0 Å². The third-order valence-corrected chi connectivity index (χ3v) is 3.54. The van der Waals surface area contributed by atoms with Crippen LogP contribution < -0.4 is 16.6 Å². The van der Waals surface area contributed by atoms with Crippen molar-refractivity contribution in [1.29, 1.82) is 0 Å². The number of carbonyl (C=O) groups is 1. The maximum atomic E-state index is 12.2. The minimum atomic E-state index is -0.0456. The molecule has 1 fully saturated rings. The summed E-state index contributed by atoms with van der Waals surface area (Å²) in [5.41, 5.74) is 3.85. The highest BCUT2D eigenvalue weighted by Gasteiger charge is 2.25. The summed E-state index contributed by atoms with van der Waals surface area (Å²) in [4.78, 5) is 16.3. The molecule has 1 saturated carbocycles. The molecule has 0 aliphatic heterocycles. The lowest BCUT2D eigenvalue weighted by Crippen LogP contribution is -2.36. The van der Waals surface area contributed by atoms with E-state index in [1.54, 1.807) is 12.1 Å². The number of nitrogens with one attached hydrogen (secondary N) is 2. The SMILES string of the molecule is Cc1cc(C(=O)NC2CCCC2C)cc(NN)n1. The van der Waals surface area contributed by atoms with Crippen LogP contribution in [0.3, 0.4) is 0 Å². The van der Waals surface area contributed by atoms with Crippen LogP contribution >= 0.6 is 0 Å². The molecule has 1 aromatic heterocycles. The van der Waals surface area contributed by atoms with Gasteiger partial charge in [-0.05, 0) is 37.8 Å². The average Bonchev–Trinajstić information content (AvgIpc) is 2.74. The van der Waals surface area contributed by atoms with Crippen molar-refractivity contribution in [2.45, 2.75) is 39.2 Å². The van der Waals surface area contributed by atoms with Crippen molar-refractivity contribution in [1.82, 2.24) is 10.3 Å². The maximum absolute atomic E-state index is 12.2. The van der Waals surface area contributed by atoms with Gasteiger partial charge in [-0.2, -0.15) is 0 Å². The Morgan fingerprint density at radius 2 is 2.22 bits per heavy atom. The second-order valence-corrected chi connectivity index (χ2v) is 5.01. The minimum absolute atomic E-state index is 0.0456. The van der Waals surface area contributed by atoms with Crippen LogP contribution in [-0.2, 0) is 0 Å². The van der Waals surface area contributed by atoms with Crippen molar-refractivity contribution in [2.24, 2.45) is 11.8 Å². The first-order chi connectivity index (χ1) is 8.60. The molecule has 1 heterocycles. The number of hydrazine groups is 1. The number of nitrogens with zero attached hydrogens (tertiary/aromatic N) is 1. The van der Waals surface area contributed by atoms with Gasteiger partial charge >= 0.3 is 0 Å². The fraction of sp³-hybridized carbons (Fsp3) is 0.538. The molecule has 0 bridgehead atoms. The molecule has 2 unspecified atom stereocenters. The van der Waals surface area contributed by atoms with E-state index < -0.39 is 0 Å². The summed E-state index contributed by atoms with van der Waals surface area (Å²) in [6.45, 7) is 4.03. The number of amides is 1. The topological polar surface area (TPSA) is 80.0 Å². The van der Waals surface area contributed by atoms with Gasteiger partial charge in [0.25, 0.3) is 5.91 Å². The number of hydrogen-bond acceptors (Lipinski definition) is 4. The summed E-state index contributed by atoms with van der Waals surface area (Å²) in [6.07, 6.45) is 3.45. The summed E-state index contributed by atoms with van der Waals surface area (Å²) in [5, 5.41) is 3.09. The van der Waals surface area contributed by atoms with Crippen LogP contribution in [0.2, 0.25) is 0 Å². The summed E-state index contributed by atoms with van der Waals surface area (Å²) in [6, 6.07) is 3.73. The van der Waals surface area contributed by atoms with Crippen LogP contribution in [0.15, 0.2) is 12.1 Å². The Balaban J connectivity index is 2.10. The van der Waals surface area contributed by atoms with E-state index in [4.69, 9.17) is 5.84 Å². The molecule has 5 heteroatoms. The maximum Gasteiger partial charge on any atom is 0.251 e. The third kappa shape index (κ3) is 2.79. The number of aryl methyl sites for hydroxylation is 1. The Labute approximate surface area is 107 Å². The van der Waals surface area contributed by atoms with Crippen molar-refractivity contribution >= 4 is 11.7 Å². The zero-order valence-electron chi connectivity index (χ0n) is 10.9. The number of nitrogens with two attached hydrogens (primary N) is 1. The molecule has 0 radical (unpaired) electrons. The molecule has 0 aromatic carbocycles. The molecule has 0 spiro atoms. The van der Waals surface area contributed by atoms with Crippen LogP contribution in [0.4, 0.5) is 5.82 Å². The molecule has 98 valence electrons. The summed E-state index contributed by atoms with van der Waals surface area (Å²) >= 11 is 0. The smallest absolute Gasteiger partial charge is 0.251 e. The second kappa shape index (κ2) is 5.35. The molecule has 1 amide bonds. The first-order valence-corrected chi connectivity index (χ1v) is 6.36. The van der Waals surface area contributed by atoms with Gasteiger partial charge in [-0.3, -0.25) is 4.79 Å². The second-order valence-electron chi connectivity index (χ2n) is 5.01. The predicted molar refractivity (Wildman–Crippen MR) is 71.1 cm³/mol. The van der Waals surface area contributed by atoms with Gasteiger partial charge in [0.2, 0.25) is 0 Å². The van der Waals surface area contributed by atoms with Crippen molar-refractivity contribution in [3.8, 4) is 0 Å². The summed E-state index contributed by atoms with van der Waals surface area (Å²) in [5.74, 6) is 6.36. The van der Waals surface area contributed by atoms with Gasteiger partial charge in [0.15, 0.2) is 0 Å². The minimum Gasteiger partial charge on any atom is -0.349 e. The molecule has 4 N–H and O–H groups in total. The zero-order valence-corrected chi connectivity index (χ0v) is 10.9. The van der Waals surface area contributed by atoms with Crippen molar-refractivity contribution in [2.75, 3.05) is 5.43 Å². The van der Waals surface area contributed by atoms with E-state index in [0.29, 0.717) is 23.3 Å². The van der Waals surface area contributed by atoms with E-state index in [1.165, 1.54) is 12.8 Å². The first kappa shape index (κ1) is 12.8. The Kier molecular flexibility index (Phi) is 3.81. The van der Waals surface area contributed by atoms with Crippen LogP contribution in [0.25, 0.3) is 0 Å². The van der Waals surface area contributed by atoms with Crippen LogP contribution in [0, 0.1) is 12.8 Å². The lowest BCUT2D eigenvalue weighted by molar-refractivity contribution is 0.0929. The lowest BCUT2D eigenvalue weighted by atomic mass is 10.1. The first-order valence-electron chi connectivity index (χ1n) is 6.36. The van der Waals surface area contributed by atoms with E-state index in [1.807, 2.05) is 6.92 Å². The molecular weight excluding hydrogens is 228 g/mol. The highest BCUT2D eigenvalue weighted by atomic mass is 16.1. The number of pyridine rings is 1. The Morgan fingerprint density at radius 3 is 2.83 bits per heavy atom. The van der Waals surface area contributed by atoms with Gasteiger partial charge in [0.1, 0.15) is 5.82 Å². The van der Waals surface area contributed by atoms with Crippen LogP contribution in [0.5, 0.6) is 0 Å². The van der Waals surface area contributed by atoms with Crippen molar-refractivity contribution < 1.29 is 4.79 Å². The van der Waals surface area contributed by atoms with E-state index in [-0.39, 0.29) is 5.91 Å². The molecule has 0 saturated heterocycles. The fourth-order valence-corrected chi connectivity index (χ4v) is 2.49. The van der Waals surface area contributed by atoms with Crippen LogP contribution in [-0.4, -0.2) is 16.9 Å². The monoisotopic (exact) mass is 248 g/mol. The highest BCUT2D eigenvalue weighted by Crippen LogP contribution is 2.25. The molecule has 2 atom stereocenters. The molecular formula is C13H20N4O. The number of anilines is 1. The van der Waals surface area contributed by atoms with E-state index in [2.05, 4.69) is 22.7 Å². The number of hydrogen-bond donors (Lipinski definition) is 3. The molecule has 1 aliphatic carbocycles. The van der Waals surface area contributed by atoms with Gasteiger partial charge in [-0.25, -0.2) is 10.8 Å². The van der Waals surface area contributed by atoms with Gasteiger partial charge in [-0.1, -0.05) is 13.3 Å². The van der Waals surface area contributed by atoms with Gasteiger partial charge < -0.3 is 10.7 Å². The normalized spacial score (nSPS) is 22.8. The molecule has 5 nitrogen and oxygen atoms in total. The third-order valence-electron chi connectivity index (χ3n) is 3.54. The Hall–Kier alpha value is -1.62. The number of aromatic nitrogens is 1. The fourth-order valence-electron chi connectivity index (χ4n) is 2.49. The molecule has 1 aliphatic rings. The van der Waals surface area contributed by atoms with Gasteiger partial charge in [0, 0.05) is 17.3 Å². The molecule has 18 heavy (non-hydrogen) atoms. The van der Waals surface area contributed by atoms with Gasteiger partial charge in [0.05, 0.1) is 0 Å². The standard InChI is InChI=1S/C13H20N4O/c1-8-4-3-5-11(8)16-13(18)10-6-9(2)15-12(7-10)17-14/h6-8,11H,3-5,14H2,1-2H3,(H,15,17)(H,16,18). The Bertz CT molecular complexity index is 447. The number of rotatable bonds is 3. The van der Waals surface area contributed by atoms with E-state index in [0.717, 1.165) is 12.1 Å². The largest absolute Gasteiger partial charge is 0.349 e. The molecule has 2 rings (SSSR count). The predicted octanol–water partition coefficient (Wildman–Crippen LogP) is 1.59. The zero-order chi connectivity index (χ0) is 13.1. The van der Waals surface area contributed by atoms with Crippen molar-refractivity contribution in [3.05, 3.63) is 23.4 Å². The van der Waals surface area contributed by atoms with Gasteiger partial charge in [-0.15, -0.1) is 0 Å². The highest BCUT2D eigenvalue weighted by molar-refractivity contribution is 5.95.